The van der Waals surface area contributed by atoms with Crippen molar-refractivity contribution in [1.29, 1.82) is 0 Å². The molecule has 0 radical (unpaired) electrons. The minimum atomic E-state index is -0.753. The fourth-order valence-corrected chi connectivity index (χ4v) is 2.47. The summed E-state index contributed by atoms with van der Waals surface area (Å²) in [5.74, 6) is 0. The van der Waals surface area contributed by atoms with Gasteiger partial charge >= 0.3 is 0 Å². The summed E-state index contributed by atoms with van der Waals surface area (Å²) in [4.78, 5) is 4.34. The molecule has 1 atom stereocenters. The van der Waals surface area contributed by atoms with E-state index < -0.39 is 6.10 Å². The molecule has 0 aliphatic heterocycles. The lowest BCUT2D eigenvalue weighted by Gasteiger charge is -2.11. The van der Waals surface area contributed by atoms with Gasteiger partial charge in [-0.15, -0.1) is 0 Å². The van der Waals surface area contributed by atoms with Crippen LogP contribution in [0.5, 0.6) is 0 Å². The molecule has 3 nitrogen and oxygen atoms in total. The van der Waals surface area contributed by atoms with Crippen LogP contribution in [0.1, 0.15) is 17.2 Å². The van der Waals surface area contributed by atoms with Crippen LogP contribution in [-0.2, 0) is 0 Å². The Hall–Kier alpha value is -1.65. The topological polar surface area (TPSA) is 46.3 Å². The lowest BCUT2D eigenvalue weighted by Crippen LogP contribution is -2.00. The molecule has 0 saturated carbocycles. The zero-order valence-electron chi connectivity index (χ0n) is 9.38. The Morgan fingerprint density at radius 1 is 1.11 bits per heavy atom. The summed E-state index contributed by atoms with van der Waals surface area (Å²) in [6.07, 6.45) is 2.51. The van der Waals surface area contributed by atoms with Crippen LogP contribution < -0.4 is 0 Å². The molecule has 0 saturated heterocycles. The van der Waals surface area contributed by atoms with Gasteiger partial charge in [-0.25, -0.2) is 0 Å². The standard InChI is InChI=1S/C14H10BrNO2/c15-14-11(6-8-18-14)13(17)10-5-1-3-9-4-2-7-16-12(9)10/h1-8,13,17H. The minimum absolute atomic E-state index is 0.544. The fourth-order valence-electron chi connectivity index (χ4n) is 2.02. The first kappa shape index (κ1) is 11.4. The van der Waals surface area contributed by atoms with E-state index in [2.05, 4.69) is 20.9 Å². The molecule has 1 unspecified atom stereocenters. The van der Waals surface area contributed by atoms with Crippen molar-refractivity contribution >= 4 is 26.8 Å². The van der Waals surface area contributed by atoms with Gasteiger partial charge in [-0.3, -0.25) is 4.98 Å². The van der Waals surface area contributed by atoms with Gasteiger partial charge in [0.25, 0.3) is 0 Å². The molecular weight excluding hydrogens is 294 g/mol. The number of aliphatic hydroxyl groups excluding tert-OH is 1. The molecule has 0 amide bonds. The van der Waals surface area contributed by atoms with E-state index in [1.54, 1.807) is 18.5 Å². The van der Waals surface area contributed by atoms with E-state index in [0.717, 1.165) is 16.5 Å². The maximum atomic E-state index is 10.4. The van der Waals surface area contributed by atoms with E-state index in [9.17, 15) is 5.11 Å². The number of benzene rings is 1. The first-order chi connectivity index (χ1) is 8.77. The highest BCUT2D eigenvalue weighted by Gasteiger charge is 2.18. The molecule has 3 rings (SSSR count). The third-order valence-corrected chi connectivity index (χ3v) is 3.54. The van der Waals surface area contributed by atoms with Crippen LogP contribution in [0.2, 0.25) is 0 Å². The van der Waals surface area contributed by atoms with E-state index in [-0.39, 0.29) is 0 Å². The smallest absolute Gasteiger partial charge is 0.175 e. The molecule has 1 N–H and O–H groups in total. The third-order valence-electron chi connectivity index (χ3n) is 2.90. The second-order valence-electron chi connectivity index (χ2n) is 3.97. The first-order valence-electron chi connectivity index (χ1n) is 5.52. The van der Waals surface area contributed by atoms with E-state index in [0.29, 0.717) is 10.2 Å². The predicted molar refractivity (Wildman–Crippen MR) is 72.2 cm³/mol. The molecule has 2 aromatic heterocycles. The molecule has 90 valence electrons. The van der Waals surface area contributed by atoms with E-state index in [4.69, 9.17) is 4.42 Å². The van der Waals surface area contributed by atoms with Gasteiger partial charge in [0.15, 0.2) is 4.67 Å². The molecule has 0 aliphatic carbocycles. The van der Waals surface area contributed by atoms with Crippen LogP contribution in [0.25, 0.3) is 10.9 Å². The van der Waals surface area contributed by atoms with Gasteiger partial charge < -0.3 is 9.52 Å². The molecular formula is C14H10BrNO2. The Morgan fingerprint density at radius 2 is 1.94 bits per heavy atom. The van der Waals surface area contributed by atoms with Crippen molar-refractivity contribution in [3.05, 3.63) is 64.7 Å². The van der Waals surface area contributed by atoms with Gasteiger partial charge in [-0.2, -0.15) is 0 Å². The first-order valence-corrected chi connectivity index (χ1v) is 6.31. The van der Waals surface area contributed by atoms with E-state index in [1.807, 2.05) is 30.3 Å². The molecule has 2 heterocycles. The van der Waals surface area contributed by atoms with Crippen LogP contribution in [0.3, 0.4) is 0 Å². The average Bonchev–Trinajstić information content (AvgIpc) is 2.83. The highest BCUT2D eigenvalue weighted by Crippen LogP contribution is 2.32. The van der Waals surface area contributed by atoms with Crippen LogP contribution in [0.15, 0.2) is 57.9 Å². The second-order valence-corrected chi connectivity index (χ2v) is 4.69. The average molecular weight is 304 g/mol. The molecule has 18 heavy (non-hydrogen) atoms. The van der Waals surface area contributed by atoms with Gasteiger partial charge in [0, 0.05) is 22.7 Å². The number of hydrogen-bond acceptors (Lipinski definition) is 3. The number of pyridine rings is 1. The van der Waals surface area contributed by atoms with Crippen molar-refractivity contribution in [3.8, 4) is 0 Å². The number of hydrogen-bond donors (Lipinski definition) is 1. The van der Waals surface area contributed by atoms with E-state index in [1.165, 1.54) is 0 Å². The minimum Gasteiger partial charge on any atom is -0.457 e. The van der Waals surface area contributed by atoms with E-state index >= 15 is 0 Å². The quantitative estimate of drug-likeness (QED) is 0.785. The second kappa shape index (κ2) is 4.55. The molecule has 3 aromatic rings. The number of halogens is 1. The Kier molecular flexibility index (Phi) is 2.89. The Bertz CT molecular complexity index is 688. The summed E-state index contributed by atoms with van der Waals surface area (Å²) in [6, 6.07) is 11.4. The summed E-state index contributed by atoms with van der Waals surface area (Å²) in [7, 11) is 0. The molecule has 4 heteroatoms. The van der Waals surface area contributed by atoms with Crippen molar-refractivity contribution < 1.29 is 9.52 Å². The molecule has 0 spiro atoms. The van der Waals surface area contributed by atoms with Crippen LogP contribution in [0.4, 0.5) is 0 Å². The number of nitrogens with zero attached hydrogens (tertiary/aromatic N) is 1. The Balaban J connectivity index is 2.18. The molecule has 0 aliphatic rings. The number of fused-ring (bicyclic) bond motifs is 1. The fraction of sp³-hybridized carbons (Fsp3) is 0.0714. The SMILES string of the molecule is OC(c1ccoc1Br)c1cccc2cccnc12. The van der Waals surface area contributed by atoms with Crippen molar-refractivity contribution in [2.45, 2.75) is 6.10 Å². The Labute approximate surface area is 112 Å². The summed E-state index contributed by atoms with van der Waals surface area (Å²) in [5.41, 5.74) is 2.28. The number of para-hydroxylation sites is 1. The molecule has 1 aromatic carbocycles. The van der Waals surface area contributed by atoms with Gasteiger partial charge in [0.1, 0.15) is 6.10 Å². The lowest BCUT2D eigenvalue weighted by molar-refractivity contribution is 0.219. The number of aliphatic hydroxyl groups is 1. The third kappa shape index (κ3) is 1.83. The monoisotopic (exact) mass is 303 g/mol. The van der Waals surface area contributed by atoms with Crippen LogP contribution >= 0.6 is 15.9 Å². The zero-order valence-corrected chi connectivity index (χ0v) is 11.0. The van der Waals surface area contributed by atoms with Crippen molar-refractivity contribution in [2.75, 3.05) is 0 Å². The maximum Gasteiger partial charge on any atom is 0.175 e. The predicted octanol–water partition coefficient (Wildman–Crippen LogP) is 3.67. The van der Waals surface area contributed by atoms with Gasteiger partial charge in [0.05, 0.1) is 11.8 Å². The van der Waals surface area contributed by atoms with Crippen LogP contribution in [-0.4, -0.2) is 10.1 Å². The lowest BCUT2D eigenvalue weighted by atomic mass is 10.0. The normalized spacial score (nSPS) is 12.8. The largest absolute Gasteiger partial charge is 0.457 e. The summed E-state index contributed by atoms with van der Waals surface area (Å²) in [5, 5.41) is 11.4. The summed E-state index contributed by atoms with van der Waals surface area (Å²) >= 11 is 3.28. The highest BCUT2D eigenvalue weighted by atomic mass is 79.9. The maximum absolute atomic E-state index is 10.4. The van der Waals surface area contributed by atoms with Crippen molar-refractivity contribution in [2.24, 2.45) is 0 Å². The highest BCUT2D eigenvalue weighted by molar-refractivity contribution is 9.10. The van der Waals surface area contributed by atoms with Crippen molar-refractivity contribution in [1.82, 2.24) is 4.98 Å². The Morgan fingerprint density at radius 3 is 2.72 bits per heavy atom. The summed E-state index contributed by atoms with van der Waals surface area (Å²) in [6.45, 7) is 0. The van der Waals surface area contributed by atoms with Gasteiger partial charge in [0.2, 0.25) is 0 Å². The van der Waals surface area contributed by atoms with Crippen molar-refractivity contribution in [3.63, 3.8) is 0 Å². The number of furan rings is 1. The van der Waals surface area contributed by atoms with Crippen LogP contribution in [0, 0.1) is 0 Å². The molecule has 0 fully saturated rings. The summed E-state index contributed by atoms with van der Waals surface area (Å²) < 4.78 is 5.70. The van der Waals surface area contributed by atoms with Gasteiger partial charge in [-0.1, -0.05) is 24.3 Å². The zero-order chi connectivity index (χ0) is 12.5. The van der Waals surface area contributed by atoms with Gasteiger partial charge in [-0.05, 0) is 28.1 Å². The molecule has 0 bridgehead atoms. The number of rotatable bonds is 2. The number of aromatic nitrogens is 1.